The van der Waals surface area contributed by atoms with Crippen LogP contribution in [0.4, 0.5) is 11.4 Å². The van der Waals surface area contributed by atoms with Gasteiger partial charge < -0.3 is 19.5 Å². The zero-order valence-electron chi connectivity index (χ0n) is 17.3. The second-order valence-corrected chi connectivity index (χ2v) is 6.31. The number of nitrogens with zero attached hydrogens (tertiary/aromatic N) is 1. The molecule has 0 heterocycles. The molecule has 2 rings (SSSR count). The maximum absolute atomic E-state index is 12.3. The molecule has 0 saturated carbocycles. The molecule has 0 fully saturated rings. The Morgan fingerprint density at radius 1 is 1.10 bits per heavy atom. The fourth-order valence-electron chi connectivity index (χ4n) is 2.59. The molecule has 0 aliphatic heterocycles. The summed E-state index contributed by atoms with van der Waals surface area (Å²) in [4.78, 5) is 22.6. The number of carbonyl (C=O) groups excluding carboxylic acids is 1. The molecule has 0 saturated heterocycles. The molecule has 30 heavy (non-hydrogen) atoms. The van der Waals surface area contributed by atoms with Crippen LogP contribution in [-0.4, -0.2) is 31.2 Å². The van der Waals surface area contributed by atoms with E-state index in [9.17, 15) is 14.9 Å². The van der Waals surface area contributed by atoms with Gasteiger partial charge in [-0.1, -0.05) is 19.4 Å². The first-order chi connectivity index (χ1) is 14.5. The van der Waals surface area contributed by atoms with E-state index in [1.165, 1.54) is 31.4 Å². The number of non-ortho nitro benzene ring substituents is 1. The molecule has 8 nitrogen and oxygen atoms in total. The average molecular weight is 414 g/mol. The molecule has 0 atom stereocenters. The van der Waals surface area contributed by atoms with Crippen LogP contribution >= 0.6 is 0 Å². The summed E-state index contributed by atoms with van der Waals surface area (Å²) in [7, 11) is 1.38. The first-order valence-corrected chi connectivity index (χ1v) is 9.69. The maximum Gasteiger partial charge on any atom is 0.273 e. The molecule has 2 aromatic rings. The van der Waals surface area contributed by atoms with Crippen LogP contribution in [0.1, 0.15) is 32.3 Å². The van der Waals surface area contributed by atoms with Crippen molar-refractivity contribution < 1.29 is 23.9 Å². The highest BCUT2D eigenvalue weighted by molar-refractivity contribution is 6.02. The molecule has 0 aliphatic carbocycles. The number of rotatable bonds is 11. The van der Waals surface area contributed by atoms with Gasteiger partial charge in [0.2, 0.25) is 5.91 Å². The molecule has 0 unspecified atom stereocenters. The fraction of sp³-hybridized carbons (Fsp3) is 0.318. The van der Waals surface area contributed by atoms with Gasteiger partial charge in [-0.25, -0.2) is 0 Å². The number of hydrogen-bond acceptors (Lipinski definition) is 6. The van der Waals surface area contributed by atoms with Gasteiger partial charge in [-0.15, -0.1) is 0 Å². The van der Waals surface area contributed by atoms with Gasteiger partial charge in [0.05, 0.1) is 37.0 Å². The summed E-state index contributed by atoms with van der Waals surface area (Å²) >= 11 is 0. The molecule has 2 aromatic carbocycles. The Morgan fingerprint density at radius 2 is 1.90 bits per heavy atom. The van der Waals surface area contributed by atoms with E-state index in [0.717, 1.165) is 18.4 Å². The van der Waals surface area contributed by atoms with Gasteiger partial charge >= 0.3 is 0 Å². The predicted molar refractivity (Wildman–Crippen MR) is 115 cm³/mol. The summed E-state index contributed by atoms with van der Waals surface area (Å²) < 4.78 is 16.5. The number of nitrogens with one attached hydrogen (secondary N) is 1. The molecule has 1 N–H and O–H groups in total. The van der Waals surface area contributed by atoms with Gasteiger partial charge in [-0.3, -0.25) is 14.9 Å². The number of nitro groups is 1. The Balaban J connectivity index is 2.10. The Morgan fingerprint density at radius 3 is 2.57 bits per heavy atom. The number of benzene rings is 2. The van der Waals surface area contributed by atoms with Crippen LogP contribution in [0.15, 0.2) is 42.5 Å². The molecule has 0 aliphatic rings. The standard InChI is InChI=1S/C22H26N2O6/c1-4-6-13-30-19-11-7-16(14-21(19)29-5-2)8-12-22(25)23-18-10-9-17(24(26)27)15-20(18)28-3/h7-12,14-15H,4-6,13H2,1-3H3,(H,23,25)/b12-8+. The van der Waals surface area contributed by atoms with Gasteiger partial charge in [0, 0.05) is 12.1 Å². The maximum atomic E-state index is 12.3. The third-order valence-corrected chi connectivity index (χ3v) is 4.10. The van der Waals surface area contributed by atoms with Crippen molar-refractivity contribution in [1.29, 1.82) is 0 Å². The van der Waals surface area contributed by atoms with E-state index in [4.69, 9.17) is 14.2 Å². The Kier molecular flexibility index (Phi) is 8.68. The van der Waals surface area contributed by atoms with Crippen molar-refractivity contribution in [2.75, 3.05) is 25.6 Å². The minimum Gasteiger partial charge on any atom is -0.494 e. The van der Waals surface area contributed by atoms with Crippen LogP contribution in [0.5, 0.6) is 17.2 Å². The van der Waals surface area contributed by atoms with Crippen molar-refractivity contribution >= 4 is 23.4 Å². The van der Waals surface area contributed by atoms with Crippen molar-refractivity contribution in [3.8, 4) is 17.2 Å². The highest BCUT2D eigenvalue weighted by Gasteiger charge is 2.12. The van der Waals surface area contributed by atoms with Crippen LogP contribution < -0.4 is 19.5 Å². The van der Waals surface area contributed by atoms with Crippen LogP contribution in [0.3, 0.4) is 0 Å². The number of nitro benzene ring substituents is 1. The molecule has 1 amide bonds. The molecule has 8 heteroatoms. The topological polar surface area (TPSA) is 99.9 Å². The number of anilines is 1. The van der Waals surface area contributed by atoms with Crippen molar-refractivity contribution in [3.05, 3.63) is 58.2 Å². The highest BCUT2D eigenvalue weighted by atomic mass is 16.6. The molecular formula is C22H26N2O6. The normalized spacial score (nSPS) is 10.6. The monoisotopic (exact) mass is 414 g/mol. The van der Waals surface area contributed by atoms with E-state index >= 15 is 0 Å². The summed E-state index contributed by atoms with van der Waals surface area (Å²) in [6.45, 7) is 5.10. The third kappa shape index (κ3) is 6.51. The quantitative estimate of drug-likeness (QED) is 0.245. The van der Waals surface area contributed by atoms with E-state index in [2.05, 4.69) is 12.2 Å². The minimum atomic E-state index is -0.528. The molecule has 160 valence electrons. The molecule has 0 bridgehead atoms. The summed E-state index contributed by atoms with van der Waals surface area (Å²) in [5.41, 5.74) is 0.990. The largest absolute Gasteiger partial charge is 0.494 e. The van der Waals surface area contributed by atoms with Gasteiger partial charge in [0.15, 0.2) is 11.5 Å². The number of carbonyl (C=O) groups is 1. The number of ether oxygens (including phenoxy) is 3. The summed E-state index contributed by atoms with van der Waals surface area (Å²) in [6.07, 6.45) is 5.01. The second kappa shape index (κ2) is 11.5. The van der Waals surface area contributed by atoms with Crippen LogP contribution in [0, 0.1) is 10.1 Å². The predicted octanol–water partition coefficient (Wildman–Crippen LogP) is 4.83. The zero-order valence-corrected chi connectivity index (χ0v) is 17.3. The van der Waals surface area contributed by atoms with Crippen molar-refractivity contribution in [2.45, 2.75) is 26.7 Å². The molecule has 0 aromatic heterocycles. The Bertz CT molecular complexity index is 910. The van der Waals surface area contributed by atoms with Crippen molar-refractivity contribution in [3.63, 3.8) is 0 Å². The van der Waals surface area contributed by atoms with Crippen LogP contribution in [0.25, 0.3) is 6.08 Å². The van der Waals surface area contributed by atoms with Crippen molar-refractivity contribution in [1.82, 2.24) is 0 Å². The number of hydrogen-bond donors (Lipinski definition) is 1. The summed E-state index contributed by atoms with van der Waals surface area (Å²) in [5.74, 6) is 1.09. The molecule has 0 spiro atoms. The minimum absolute atomic E-state index is 0.120. The van der Waals surface area contributed by atoms with Gasteiger partial charge in [-0.2, -0.15) is 0 Å². The van der Waals surface area contributed by atoms with Crippen LogP contribution in [0.2, 0.25) is 0 Å². The lowest BCUT2D eigenvalue weighted by molar-refractivity contribution is -0.384. The van der Waals surface area contributed by atoms with Gasteiger partial charge in [0.1, 0.15) is 5.75 Å². The first-order valence-electron chi connectivity index (χ1n) is 9.69. The number of unbranched alkanes of at least 4 members (excludes halogenated alkanes) is 1. The Hall–Kier alpha value is -3.55. The number of amides is 1. The third-order valence-electron chi connectivity index (χ3n) is 4.10. The van der Waals surface area contributed by atoms with E-state index in [0.29, 0.717) is 30.4 Å². The van der Waals surface area contributed by atoms with E-state index in [1.54, 1.807) is 12.1 Å². The van der Waals surface area contributed by atoms with Gasteiger partial charge in [0.25, 0.3) is 5.69 Å². The lowest BCUT2D eigenvalue weighted by atomic mass is 10.2. The SMILES string of the molecule is CCCCOc1ccc(/C=C/C(=O)Nc2ccc([N+](=O)[O-])cc2OC)cc1OCC. The van der Waals surface area contributed by atoms with Crippen molar-refractivity contribution in [2.24, 2.45) is 0 Å². The Labute approximate surface area is 175 Å². The fourth-order valence-corrected chi connectivity index (χ4v) is 2.59. The second-order valence-electron chi connectivity index (χ2n) is 6.31. The number of methoxy groups -OCH3 is 1. The van der Waals surface area contributed by atoms with E-state index in [-0.39, 0.29) is 11.4 Å². The zero-order chi connectivity index (χ0) is 21.9. The highest BCUT2D eigenvalue weighted by Crippen LogP contribution is 2.30. The summed E-state index contributed by atoms with van der Waals surface area (Å²) in [5, 5.41) is 13.5. The molecule has 0 radical (unpaired) electrons. The van der Waals surface area contributed by atoms with Crippen LogP contribution in [-0.2, 0) is 4.79 Å². The smallest absolute Gasteiger partial charge is 0.273 e. The average Bonchev–Trinajstić information content (AvgIpc) is 2.74. The van der Waals surface area contributed by atoms with E-state index < -0.39 is 10.8 Å². The summed E-state index contributed by atoms with van der Waals surface area (Å²) in [6, 6.07) is 9.44. The first kappa shape index (κ1) is 22.7. The van der Waals surface area contributed by atoms with E-state index in [1.807, 2.05) is 19.1 Å². The van der Waals surface area contributed by atoms with Gasteiger partial charge in [-0.05, 0) is 43.2 Å². The lowest BCUT2D eigenvalue weighted by Crippen LogP contribution is -2.09. The lowest BCUT2D eigenvalue weighted by Gasteiger charge is -2.12. The molecular weight excluding hydrogens is 388 g/mol.